The molecule has 2 heterocycles. The van der Waals surface area contributed by atoms with Crippen LogP contribution in [0.5, 0.6) is 0 Å². The van der Waals surface area contributed by atoms with Crippen molar-refractivity contribution in [3.8, 4) is 0 Å². The predicted octanol–water partition coefficient (Wildman–Crippen LogP) is 2.09. The summed E-state index contributed by atoms with van der Waals surface area (Å²) in [7, 11) is -3.92. The van der Waals surface area contributed by atoms with Crippen LogP contribution in [-0.2, 0) is 16.6 Å². The number of pyridine rings is 1. The van der Waals surface area contributed by atoms with Gasteiger partial charge in [-0.1, -0.05) is 29.8 Å². The maximum absolute atomic E-state index is 13.8. The number of nitrogens with one attached hydrogen (secondary N) is 1. The first kappa shape index (κ1) is 19.5. The van der Waals surface area contributed by atoms with Gasteiger partial charge in [-0.25, -0.2) is 22.6 Å². The van der Waals surface area contributed by atoms with E-state index in [4.69, 9.17) is 11.6 Å². The van der Waals surface area contributed by atoms with E-state index in [-0.39, 0.29) is 43.7 Å². The van der Waals surface area contributed by atoms with Crippen LogP contribution in [0.3, 0.4) is 0 Å². The SMILES string of the molecule is O=C(NCc1ccc(Cl)nc1)N1CCN(S(=O)(=O)c2ccccc2F)CC1. The van der Waals surface area contributed by atoms with Crippen LogP contribution in [0.2, 0.25) is 5.15 Å². The van der Waals surface area contributed by atoms with Crippen LogP contribution in [0, 0.1) is 5.82 Å². The summed E-state index contributed by atoms with van der Waals surface area (Å²) in [6.45, 7) is 0.937. The van der Waals surface area contributed by atoms with E-state index in [0.29, 0.717) is 5.15 Å². The molecule has 2 aromatic rings. The van der Waals surface area contributed by atoms with E-state index in [1.54, 1.807) is 18.3 Å². The Morgan fingerprint density at radius 2 is 1.85 bits per heavy atom. The van der Waals surface area contributed by atoms with Crippen LogP contribution in [0.1, 0.15) is 5.56 Å². The van der Waals surface area contributed by atoms with Crippen molar-refractivity contribution >= 4 is 27.7 Å². The number of aromatic nitrogens is 1. The topological polar surface area (TPSA) is 82.6 Å². The van der Waals surface area contributed by atoms with Gasteiger partial charge in [-0.05, 0) is 23.8 Å². The molecule has 1 aromatic carbocycles. The van der Waals surface area contributed by atoms with E-state index >= 15 is 0 Å². The average molecular weight is 413 g/mol. The van der Waals surface area contributed by atoms with Gasteiger partial charge in [0.25, 0.3) is 0 Å². The van der Waals surface area contributed by atoms with Gasteiger partial charge in [-0.15, -0.1) is 0 Å². The Bertz CT molecular complexity index is 916. The van der Waals surface area contributed by atoms with Gasteiger partial charge in [-0.2, -0.15) is 4.31 Å². The first-order valence-corrected chi connectivity index (χ1v) is 10.1. The van der Waals surface area contributed by atoms with Gasteiger partial charge in [0.15, 0.2) is 0 Å². The predicted molar refractivity (Wildman–Crippen MR) is 98.2 cm³/mol. The van der Waals surface area contributed by atoms with E-state index in [1.165, 1.54) is 27.4 Å². The number of hydrogen-bond acceptors (Lipinski definition) is 4. The first-order valence-electron chi connectivity index (χ1n) is 8.26. The van der Waals surface area contributed by atoms with Crippen LogP contribution < -0.4 is 5.32 Å². The Morgan fingerprint density at radius 3 is 2.48 bits per heavy atom. The third-order valence-electron chi connectivity index (χ3n) is 4.21. The van der Waals surface area contributed by atoms with E-state index < -0.39 is 15.8 Å². The summed E-state index contributed by atoms with van der Waals surface area (Å²) in [5.74, 6) is -0.783. The van der Waals surface area contributed by atoms with Crippen LogP contribution in [0.25, 0.3) is 0 Å². The minimum atomic E-state index is -3.92. The lowest BCUT2D eigenvalue weighted by atomic mass is 10.3. The molecule has 0 aliphatic carbocycles. The number of hydrogen-bond donors (Lipinski definition) is 1. The third-order valence-corrected chi connectivity index (χ3v) is 6.37. The van der Waals surface area contributed by atoms with E-state index in [2.05, 4.69) is 10.3 Å². The van der Waals surface area contributed by atoms with Gasteiger partial charge >= 0.3 is 6.03 Å². The average Bonchev–Trinajstić information content (AvgIpc) is 2.67. The highest BCUT2D eigenvalue weighted by Crippen LogP contribution is 2.20. The van der Waals surface area contributed by atoms with Gasteiger partial charge in [0, 0.05) is 38.9 Å². The Balaban J connectivity index is 1.56. The third kappa shape index (κ3) is 4.55. The summed E-state index contributed by atoms with van der Waals surface area (Å²) in [5, 5.41) is 3.13. The van der Waals surface area contributed by atoms with Gasteiger partial charge in [0.2, 0.25) is 10.0 Å². The molecule has 1 aromatic heterocycles. The summed E-state index contributed by atoms with van der Waals surface area (Å²) in [6.07, 6.45) is 1.57. The molecule has 0 radical (unpaired) electrons. The number of benzene rings is 1. The molecule has 7 nitrogen and oxygen atoms in total. The van der Waals surface area contributed by atoms with E-state index in [9.17, 15) is 17.6 Å². The summed E-state index contributed by atoms with van der Waals surface area (Å²) in [5.41, 5.74) is 0.800. The van der Waals surface area contributed by atoms with Crippen molar-refractivity contribution in [3.05, 3.63) is 59.1 Å². The quantitative estimate of drug-likeness (QED) is 0.779. The van der Waals surface area contributed by atoms with Crippen molar-refractivity contribution in [1.82, 2.24) is 19.5 Å². The fourth-order valence-corrected chi connectivity index (χ4v) is 4.32. The van der Waals surface area contributed by atoms with Gasteiger partial charge in [-0.3, -0.25) is 0 Å². The standard InChI is InChI=1S/C17H18ClFN4O3S/c18-16-6-5-13(11-20-16)12-21-17(24)22-7-9-23(10-8-22)27(25,26)15-4-2-1-3-14(15)19/h1-6,11H,7-10,12H2,(H,21,24). The Morgan fingerprint density at radius 1 is 1.15 bits per heavy atom. The lowest BCUT2D eigenvalue weighted by molar-refractivity contribution is 0.172. The van der Waals surface area contributed by atoms with Crippen LogP contribution in [-0.4, -0.2) is 54.8 Å². The molecule has 0 unspecified atom stereocenters. The molecule has 2 amide bonds. The molecular weight excluding hydrogens is 395 g/mol. The number of amides is 2. The van der Waals surface area contributed by atoms with Gasteiger partial charge < -0.3 is 10.2 Å². The number of nitrogens with zero attached hydrogens (tertiary/aromatic N) is 3. The van der Waals surface area contributed by atoms with Crippen molar-refractivity contribution in [2.24, 2.45) is 0 Å². The molecule has 0 saturated carbocycles. The largest absolute Gasteiger partial charge is 0.334 e. The first-order chi connectivity index (χ1) is 12.9. The number of sulfonamides is 1. The molecule has 1 fully saturated rings. The molecule has 0 atom stereocenters. The molecule has 0 spiro atoms. The molecule has 27 heavy (non-hydrogen) atoms. The zero-order valence-corrected chi connectivity index (χ0v) is 15.9. The molecule has 144 valence electrons. The fraction of sp³-hybridized carbons (Fsp3) is 0.294. The maximum atomic E-state index is 13.8. The number of urea groups is 1. The number of rotatable bonds is 4. The van der Waals surface area contributed by atoms with E-state index in [0.717, 1.165) is 11.6 Å². The maximum Gasteiger partial charge on any atom is 0.317 e. The van der Waals surface area contributed by atoms with E-state index in [1.807, 2.05) is 0 Å². The zero-order chi connectivity index (χ0) is 19.4. The molecule has 1 aliphatic rings. The zero-order valence-electron chi connectivity index (χ0n) is 14.3. The molecule has 1 aliphatic heterocycles. The Labute approximate surface area is 161 Å². The van der Waals surface area contributed by atoms with Crippen LogP contribution in [0.15, 0.2) is 47.5 Å². The highest BCUT2D eigenvalue weighted by molar-refractivity contribution is 7.89. The van der Waals surface area contributed by atoms with Crippen LogP contribution in [0.4, 0.5) is 9.18 Å². The second kappa shape index (κ2) is 8.20. The highest BCUT2D eigenvalue weighted by atomic mass is 35.5. The minimum absolute atomic E-state index is 0.104. The lowest BCUT2D eigenvalue weighted by Crippen LogP contribution is -2.53. The summed E-state index contributed by atoms with van der Waals surface area (Å²) in [6, 6.07) is 8.36. The highest BCUT2D eigenvalue weighted by Gasteiger charge is 2.31. The Hall–Kier alpha value is -2.23. The van der Waals surface area contributed by atoms with Crippen molar-refractivity contribution in [1.29, 1.82) is 0 Å². The molecular formula is C17H18ClFN4O3S. The van der Waals surface area contributed by atoms with Crippen molar-refractivity contribution in [2.75, 3.05) is 26.2 Å². The Kier molecular flexibility index (Phi) is 5.93. The van der Waals surface area contributed by atoms with Gasteiger partial charge in [0.1, 0.15) is 15.9 Å². The smallest absolute Gasteiger partial charge is 0.317 e. The van der Waals surface area contributed by atoms with Crippen molar-refractivity contribution in [3.63, 3.8) is 0 Å². The monoisotopic (exact) mass is 412 g/mol. The van der Waals surface area contributed by atoms with Crippen LogP contribution >= 0.6 is 11.6 Å². The van der Waals surface area contributed by atoms with Crippen molar-refractivity contribution < 1.29 is 17.6 Å². The lowest BCUT2D eigenvalue weighted by Gasteiger charge is -2.34. The summed E-state index contributed by atoms with van der Waals surface area (Å²) < 4.78 is 40.2. The number of piperazine rings is 1. The normalized spacial score (nSPS) is 15.6. The number of halogens is 2. The molecule has 1 N–H and O–H groups in total. The second-order valence-corrected chi connectivity index (χ2v) is 8.26. The fourth-order valence-electron chi connectivity index (χ4n) is 2.73. The molecule has 10 heteroatoms. The minimum Gasteiger partial charge on any atom is -0.334 e. The summed E-state index contributed by atoms with van der Waals surface area (Å²) in [4.78, 5) is 17.4. The molecule has 0 bridgehead atoms. The molecule has 1 saturated heterocycles. The van der Waals surface area contributed by atoms with Crippen molar-refractivity contribution in [2.45, 2.75) is 11.4 Å². The summed E-state index contributed by atoms with van der Waals surface area (Å²) >= 11 is 5.72. The number of carbonyl (C=O) groups is 1. The molecule has 3 rings (SSSR count). The van der Waals surface area contributed by atoms with Gasteiger partial charge in [0.05, 0.1) is 0 Å². The number of carbonyl (C=O) groups excluding carboxylic acids is 1. The second-order valence-electron chi connectivity index (χ2n) is 5.97.